The van der Waals surface area contributed by atoms with Crippen LogP contribution in [0.2, 0.25) is 0 Å². The number of ether oxygens (including phenoxy) is 2. The molecule has 0 spiro atoms. The maximum absolute atomic E-state index is 12.4. The minimum atomic E-state index is 0. The smallest absolute Gasteiger partial charge is 0.240 e. The molecule has 2 saturated heterocycles. The van der Waals surface area contributed by atoms with Gasteiger partial charge in [-0.15, -0.1) is 36.6 Å². The Morgan fingerprint density at radius 1 is 1.12 bits per heavy atom. The van der Waals surface area contributed by atoms with E-state index in [1.54, 1.807) is 26.0 Å². The van der Waals surface area contributed by atoms with Crippen LogP contribution in [-0.4, -0.2) is 73.8 Å². The minimum absolute atomic E-state index is 0. The lowest BCUT2D eigenvalue weighted by Gasteiger charge is -2.36. The Kier molecular flexibility index (Phi) is 9.89. The number of halogens is 2. The van der Waals surface area contributed by atoms with Crippen molar-refractivity contribution >= 4 is 42.5 Å². The number of nitrogens with one attached hydrogen (secondary N) is 1. The van der Waals surface area contributed by atoms with Gasteiger partial charge in [-0.3, -0.25) is 15.0 Å². The summed E-state index contributed by atoms with van der Waals surface area (Å²) in [7, 11) is 3.33. The van der Waals surface area contributed by atoms with Crippen LogP contribution in [0.1, 0.15) is 5.56 Å². The number of hydrogen-bond donors (Lipinski definition) is 1. The Hall–Kier alpha value is -0.860. The zero-order chi connectivity index (χ0) is 16.9. The summed E-state index contributed by atoms with van der Waals surface area (Å²) in [5.41, 5.74) is 1.17. The van der Waals surface area contributed by atoms with E-state index in [0.717, 1.165) is 55.9 Å². The largest absolute Gasteiger partial charge is 0.497 e. The van der Waals surface area contributed by atoms with Crippen molar-refractivity contribution in [1.82, 2.24) is 15.1 Å². The van der Waals surface area contributed by atoms with E-state index in [4.69, 9.17) is 9.47 Å². The second-order valence-corrected chi connectivity index (χ2v) is 7.12. The first-order chi connectivity index (χ1) is 11.7. The predicted octanol–water partition coefficient (Wildman–Crippen LogP) is 1.85. The van der Waals surface area contributed by atoms with Gasteiger partial charge in [0.05, 0.1) is 20.3 Å². The van der Waals surface area contributed by atoms with Gasteiger partial charge in [-0.25, -0.2) is 0 Å². The highest BCUT2D eigenvalue weighted by Gasteiger charge is 2.29. The van der Waals surface area contributed by atoms with Gasteiger partial charge in [-0.1, -0.05) is 0 Å². The molecule has 1 aromatic rings. The van der Waals surface area contributed by atoms with Gasteiger partial charge >= 0.3 is 0 Å². The number of rotatable bonds is 5. The van der Waals surface area contributed by atoms with E-state index in [-0.39, 0.29) is 36.8 Å². The zero-order valence-corrected chi connectivity index (χ0v) is 17.6. The molecule has 2 aliphatic heterocycles. The van der Waals surface area contributed by atoms with Crippen molar-refractivity contribution in [2.45, 2.75) is 12.6 Å². The van der Waals surface area contributed by atoms with Gasteiger partial charge in [0.2, 0.25) is 5.91 Å². The molecule has 26 heavy (non-hydrogen) atoms. The molecular weight excluding hydrogens is 397 g/mol. The summed E-state index contributed by atoms with van der Waals surface area (Å²) in [5.74, 6) is 3.64. The van der Waals surface area contributed by atoms with Crippen molar-refractivity contribution in [2.24, 2.45) is 0 Å². The fourth-order valence-corrected chi connectivity index (χ4v) is 4.05. The zero-order valence-electron chi connectivity index (χ0n) is 15.1. The van der Waals surface area contributed by atoms with Gasteiger partial charge < -0.3 is 14.4 Å². The molecule has 148 valence electrons. The van der Waals surface area contributed by atoms with E-state index in [9.17, 15) is 4.79 Å². The van der Waals surface area contributed by atoms with Gasteiger partial charge in [0.1, 0.15) is 11.5 Å². The second kappa shape index (κ2) is 11.1. The van der Waals surface area contributed by atoms with Crippen LogP contribution in [0.3, 0.4) is 0 Å². The molecule has 0 saturated carbocycles. The van der Waals surface area contributed by atoms with Gasteiger partial charge in [0, 0.05) is 50.4 Å². The van der Waals surface area contributed by atoms with Gasteiger partial charge in [-0.2, -0.15) is 0 Å². The first-order valence-corrected chi connectivity index (χ1v) is 9.39. The molecule has 1 N–H and O–H groups in total. The second-order valence-electron chi connectivity index (χ2n) is 6.09. The minimum Gasteiger partial charge on any atom is -0.497 e. The van der Waals surface area contributed by atoms with Gasteiger partial charge in [0.15, 0.2) is 0 Å². The number of carbonyl (C=O) groups excluding carboxylic acids is 1. The van der Waals surface area contributed by atoms with Crippen LogP contribution in [-0.2, 0) is 11.3 Å². The summed E-state index contributed by atoms with van der Waals surface area (Å²) in [4.78, 5) is 16.8. The summed E-state index contributed by atoms with van der Waals surface area (Å²) in [6.07, 6.45) is 0. The number of nitrogens with zero attached hydrogens (tertiary/aromatic N) is 2. The average molecular weight is 424 g/mol. The fourth-order valence-electron chi connectivity index (χ4n) is 3.12. The number of benzene rings is 1. The molecular formula is C17H27Cl2N3O3S. The van der Waals surface area contributed by atoms with Crippen LogP contribution >= 0.6 is 36.6 Å². The van der Waals surface area contributed by atoms with Crippen molar-refractivity contribution in [3.8, 4) is 11.5 Å². The molecule has 0 aliphatic carbocycles. The van der Waals surface area contributed by atoms with Crippen molar-refractivity contribution < 1.29 is 14.3 Å². The third kappa shape index (κ3) is 5.82. The van der Waals surface area contributed by atoms with Crippen LogP contribution in [0.15, 0.2) is 18.2 Å². The van der Waals surface area contributed by atoms with E-state index in [2.05, 4.69) is 10.2 Å². The van der Waals surface area contributed by atoms with Crippen LogP contribution in [0.5, 0.6) is 11.5 Å². The third-order valence-corrected chi connectivity index (χ3v) is 5.46. The standard InChI is InChI=1S/C17H25N3O3S.2ClH/c1-22-14-7-13(8-15(9-14)23-2)10-19-3-5-20(6-4-19)17(21)16-11-24-12-18-16;;/h7-9,16,18H,3-6,10-12H2,1-2H3;2*1H. The molecule has 1 unspecified atom stereocenters. The Morgan fingerprint density at radius 2 is 1.73 bits per heavy atom. The van der Waals surface area contributed by atoms with E-state index in [1.165, 1.54) is 5.56 Å². The molecule has 1 aromatic carbocycles. The molecule has 2 aliphatic rings. The molecule has 0 radical (unpaired) electrons. The lowest BCUT2D eigenvalue weighted by atomic mass is 10.1. The fraction of sp³-hybridized carbons (Fsp3) is 0.588. The summed E-state index contributed by atoms with van der Waals surface area (Å²) in [5, 5.41) is 3.26. The molecule has 2 heterocycles. The lowest BCUT2D eigenvalue weighted by Crippen LogP contribution is -2.53. The Morgan fingerprint density at radius 3 is 2.23 bits per heavy atom. The normalized spacial score (nSPS) is 20.1. The SMILES string of the molecule is COc1cc(CN2CCN(C(=O)C3CSCN3)CC2)cc(OC)c1.Cl.Cl. The van der Waals surface area contributed by atoms with Crippen LogP contribution in [0, 0.1) is 0 Å². The van der Waals surface area contributed by atoms with E-state index in [1.807, 2.05) is 23.1 Å². The number of hydrogen-bond acceptors (Lipinski definition) is 6. The molecule has 0 bridgehead atoms. The molecule has 1 atom stereocenters. The average Bonchev–Trinajstić information content (AvgIpc) is 3.16. The van der Waals surface area contributed by atoms with Crippen molar-refractivity contribution in [3.63, 3.8) is 0 Å². The maximum Gasteiger partial charge on any atom is 0.240 e. The van der Waals surface area contributed by atoms with Crippen molar-refractivity contribution in [1.29, 1.82) is 0 Å². The first-order valence-electron chi connectivity index (χ1n) is 8.24. The van der Waals surface area contributed by atoms with E-state index >= 15 is 0 Å². The van der Waals surface area contributed by atoms with E-state index in [0.29, 0.717) is 0 Å². The summed E-state index contributed by atoms with van der Waals surface area (Å²) in [6, 6.07) is 5.97. The van der Waals surface area contributed by atoms with Crippen LogP contribution < -0.4 is 14.8 Å². The molecule has 6 nitrogen and oxygen atoms in total. The molecule has 0 aromatic heterocycles. The van der Waals surface area contributed by atoms with Gasteiger partial charge in [-0.05, 0) is 17.7 Å². The number of carbonyl (C=O) groups is 1. The Balaban J connectivity index is 0.00000169. The Labute approximate surface area is 171 Å². The van der Waals surface area contributed by atoms with Gasteiger partial charge in [0.25, 0.3) is 0 Å². The maximum atomic E-state index is 12.4. The topological polar surface area (TPSA) is 54.0 Å². The highest BCUT2D eigenvalue weighted by Crippen LogP contribution is 2.24. The van der Waals surface area contributed by atoms with Crippen molar-refractivity contribution in [3.05, 3.63) is 23.8 Å². The summed E-state index contributed by atoms with van der Waals surface area (Å²) < 4.78 is 10.7. The molecule has 2 fully saturated rings. The third-order valence-electron chi connectivity index (χ3n) is 4.52. The summed E-state index contributed by atoms with van der Waals surface area (Å²) >= 11 is 1.79. The quantitative estimate of drug-likeness (QED) is 0.779. The first kappa shape index (κ1) is 23.2. The lowest BCUT2D eigenvalue weighted by molar-refractivity contribution is -0.134. The molecule has 1 amide bonds. The van der Waals surface area contributed by atoms with Crippen LogP contribution in [0.25, 0.3) is 0 Å². The Bertz CT molecular complexity index is 558. The predicted molar refractivity (Wildman–Crippen MR) is 110 cm³/mol. The number of thioether (sulfide) groups is 1. The summed E-state index contributed by atoms with van der Waals surface area (Å²) in [6.45, 7) is 4.22. The number of amides is 1. The number of methoxy groups -OCH3 is 2. The van der Waals surface area contributed by atoms with Crippen molar-refractivity contribution in [2.75, 3.05) is 52.0 Å². The monoisotopic (exact) mass is 423 g/mol. The van der Waals surface area contributed by atoms with Crippen LogP contribution in [0.4, 0.5) is 0 Å². The molecule has 9 heteroatoms. The number of piperazine rings is 1. The highest BCUT2D eigenvalue weighted by molar-refractivity contribution is 7.99. The van der Waals surface area contributed by atoms with E-state index < -0.39 is 0 Å². The highest BCUT2D eigenvalue weighted by atomic mass is 35.5. The molecule has 3 rings (SSSR count).